The van der Waals surface area contributed by atoms with Crippen molar-refractivity contribution in [2.24, 2.45) is 7.05 Å². The maximum Gasteiger partial charge on any atom is 0.354 e. The summed E-state index contributed by atoms with van der Waals surface area (Å²) in [5.74, 6) is -0.387. The second-order valence-electron chi connectivity index (χ2n) is 3.19. The van der Waals surface area contributed by atoms with Crippen LogP contribution in [0, 0.1) is 0 Å². The molecule has 0 radical (unpaired) electrons. The van der Waals surface area contributed by atoms with Crippen LogP contribution in [0.3, 0.4) is 0 Å². The lowest BCUT2D eigenvalue weighted by Gasteiger charge is -2.02. The minimum atomic E-state index is -0.514. The fourth-order valence-electron chi connectivity index (χ4n) is 1.32. The number of esters is 1. The van der Waals surface area contributed by atoms with Crippen LogP contribution in [-0.2, 0) is 11.8 Å². The highest BCUT2D eigenvalue weighted by Crippen LogP contribution is 2.18. The molecule has 0 amide bonds. The molecular formula is C10H15NO3. The molecule has 0 saturated heterocycles. The van der Waals surface area contributed by atoms with Gasteiger partial charge in [0.1, 0.15) is 5.69 Å². The zero-order valence-corrected chi connectivity index (χ0v) is 8.65. The van der Waals surface area contributed by atoms with E-state index in [1.807, 2.05) is 6.92 Å². The highest BCUT2D eigenvalue weighted by atomic mass is 16.5. The third-order valence-electron chi connectivity index (χ3n) is 2.19. The normalized spacial score (nSPS) is 12.6. The van der Waals surface area contributed by atoms with Crippen LogP contribution in [0.2, 0.25) is 0 Å². The van der Waals surface area contributed by atoms with Crippen molar-refractivity contribution in [3.8, 4) is 0 Å². The van der Waals surface area contributed by atoms with Gasteiger partial charge in [-0.15, -0.1) is 0 Å². The molecular weight excluding hydrogens is 182 g/mol. The second-order valence-corrected chi connectivity index (χ2v) is 3.19. The van der Waals surface area contributed by atoms with Gasteiger partial charge in [0.05, 0.1) is 13.2 Å². The van der Waals surface area contributed by atoms with E-state index < -0.39 is 6.10 Å². The Kier molecular flexibility index (Phi) is 3.30. The van der Waals surface area contributed by atoms with Crippen molar-refractivity contribution in [3.63, 3.8) is 0 Å². The molecule has 0 unspecified atom stereocenters. The van der Waals surface area contributed by atoms with Crippen molar-refractivity contribution in [1.82, 2.24) is 4.57 Å². The van der Waals surface area contributed by atoms with Gasteiger partial charge >= 0.3 is 5.97 Å². The molecule has 14 heavy (non-hydrogen) atoms. The SMILES string of the molecule is CC[C@@H](O)c1cc(C(=O)OC)n(C)c1. The molecule has 1 heterocycles. The molecule has 0 aliphatic rings. The molecule has 0 aliphatic heterocycles. The summed E-state index contributed by atoms with van der Waals surface area (Å²) in [6.45, 7) is 1.88. The number of rotatable bonds is 3. The van der Waals surface area contributed by atoms with Gasteiger partial charge in [-0.05, 0) is 18.1 Å². The number of hydrogen-bond donors (Lipinski definition) is 1. The van der Waals surface area contributed by atoms with E-state index in [-0.39, 0.29) is 5.97 Å². The zero-order valence-electron chi connectivity index (χ0n) is 8.65. The van der Waals surface area contributed by atoms with E-state index in [0.717, 1.165) is 5.56 Å². The van der Waals surface area contributed by atoms with Gasteiger partial charge in [-0.25, -0.2) is 4.79 Å². The van der Waals surface area contributed by atoms with E-state index in [4.69, 9.17) is 0 Å². The van der Waals surface area contributed by atoms with Crippen molar-refractivity contribution >= 4 is 5.97 Å². The Morgan fingerprint density at radius 3 is 2.86 bits per heavy atom. The number of hydrogen-bond acceptors (Lipinski definition) is 3. The van der Waals surface area contributed by atoms with Crippen molar-refractivity contribution in [2.75, 3.05) is 7.11 Å². The zero-order chi connectivity index (χ0) is 10.7. The van der Waals surface area contributed by atoms with Crippen molar-refractivity contribution in [2.45, 2.75) is 19.4 Å². The van der Waals surface area contributed by atoms with Crippen molar-refractivity contribution in [3.05, 3.63) is 23.5 Å². The maximum atomic E-state index is 11.2. The highest BCUT2D eigenvalue weighted by molar-refractivity contribution is 5.87. The average molecular weight is 197 g/mol. The number of aromatic nitrogens is 1. The molecule has 1 N–H and O–H groups in total. The van der Waals surface area contributed by atoms with E-state index in [0.29, 0.717) is 12.1 Å². The summed E-state index contributed by atoms with van der Waals surface area (Å²) in [5.41, 5.74) is 1.20. The molecule has 1 atom stereocenters. The lowest BCUT2D eigenvalue weighted by molar-refractivity contribution is 0.0590. The molecule has 0 saturated carbocycles. The molecule has 0 bridgehead atoms. The van der Waals surface area contributed by atoms with E-state index in [2.05, 4.69) is 4.74 Å². The van der Waals surface area contributed by atoms with E-state index in [1.165, 1.54) is 7.11 Å². The second kappa shape index (κ2) is 4.28. The maximum absolute atomic E-state index is 11.2. The predicted molar refractivity (Wildman–Crippen MR) is 52.0 cm³/mol. The number of nitrogens with zero attached hydrogens (tertiary/aromatic N) is 1. The van der Waals surface area contributed by atoms with Gasteiger partial charge in [-0.3, -0.25) is 0 Å². The van der Waals surface area contributed by atoms with E-state index >= 15 is 0 Å². The molecule has 4 heteroatoms. The van der Waals surface area contributed by atoms with Crippen LogP contribution in [0.15, 0.2) is 12.3 Å². The first kappa shape index (κ1) is 10.8. The minimum Gasteiger partial charge on any atom is -0.464 e. The number of carbonyl (C=O) groups is 1. The molecule has 1 aromatic heterocycles. The number of aliphatic hydroxyl groups excluding tert-OH is 1. The van der Waals surface area contributed by atoms with Gasteiger partial charge in [0.25, 0.3) is 0 Å². The van der Waals surface area contributed by atoms with Crippen LogP contribution in [-0.4, -0.2) is 22.8 Å². The summed E-state index contributed by atoms with van der Waals surface area (Å²) in [6.07, 6.45) is 1.85. The van der Waals surface area contributed by atoms with Gasteiger partial charge in [0.2, 0.25) is 0 Å². The number of aliphatic hydroxyl groups is 1. The first-order valence-electron chi connectivity index (χ1n) is 4.52. The largest absolute Gasteiger partial charge is 0.464 e. The van der Waals surface area contributed by atoms with Crippen LogP contribution in [0.25, 0.3) is 0 Å². The van der Waals surface area contributed by atoms with Crippen LogP contribution < -0.4 is 0 Å². The monoisotopic (exact) mass is 197 g/mol. The molecule has 0 aliphatic carbocycles. The average Bonchev–Trinajstić information content (AvgIpc) is 2.58. The highest BCUT2D eigenvalue weighted by Gasteiger charge is 2.15. The lowest BCUT2D eigenvalue weighted by atomic mass is 10.1. The van der Waals surface area contributed by atoms with Crippen LogP contribution in [0.5, 0.6) is 0 Å². The van der Waals surface area contributed by atoms with Gasteiger partial charge in [-0.1, -0.05) is 6.92 Å². The standard InChI is InChI=1S/C10H15NO3/c1-4-9(12)7-5-8(10(13)14-3)11(2)6-7/h5-6,9,12H,4H2,1-3H3/t9-/m1/s1. The van der Waals surface area contributed by atoms with Gasteiger partial charge < -0.3 is 14.4 Å². The van der Waals surface area contributed by atoms with Crippen molar-refractivity contribution < 1.29 is 14.6 Å². The Morgan fingerprint density at radius 1 is 1.71 bits per heavy atom. The van der Waals surface area contributed by atoms with Crippen LogP contribution in [0.4, 0.5) is 0 Å². The quantitative estimate of drug-likeness (QED) is 0.742. The fraction of sp³-hybridized carbons (Fsp3) is 0.500. The number of ether oxygens (including phenoxy) is 1. The summed E-state index contributed by atoms with van der Waals surface area (Å²) < 4.78 is 6.26. The Morgan fingerprint density at radius 2 is 2.36 bits per heavy atom. The summed E-state index contributed by atoms with van der Waals surface area (Å²) in [6, 6.07) is 1.65. The van der Waals surface area contributed by atoms with Gasteiger partial charge in [0.15, 0.2) is 0 Å². The van der Waals surface area contributed by atoms with E-state index in [1.54, 1.807) is 23.9 Å². The topological polar surface area (TPSA) is 51.5 Å². The number of methoxy groups -OCH3 is 1. The van der Waals surface area contributed by atoms with Crippen LogP contribution in [0.1, 0.15) is 35.5 Å². The molecule has 4 nitrogen and oxygen atoms in total. The third-order valence-corrected chi connectivity index (χ3v) is 2.19. The number of aryl methyl sites for hydroxylation is 1. The Labute approximate surface area is 83.1 Å². The summed E-state index contributed by atoms with van der Waals surface area (Å²) in [7, 11) is 3.09. The lowest BCUT2D eigenvalue weighted by Crippen LogP contribution is -2.06. The summed E-state index contributed by atoms with van der Waals surface area (Å²) >= 11 is 0. The van der Waals surface area contributed by atoms with E-state index in [9.17, 15) is 9.90 Å². The van der Waals surface area contributed by atoms with Gasteiger partial charge in [0, 0.05) is 13.2 Å². The molecule has 0 spiro atoms. The Bertz CT molecular complexity index is 330. The third kappa shape index (κ3) is 1.96. The van der Waals surface area contributed by atoms with Crippen molar-refractivity contribution in [1.29, 1.82) is 0 Å². The first-order chi connectivity index (χ1) is 6.60. The first-order valence-corrected chi connectivity index (χ1v) is 4.52. The summed E-state index contributed by atoms with van der Waals surface area (Å²) in [5, 5.41) is 9.56. The molecule has 1 aromatic rings. The number of carbonyl (C=O) groups excluding carboxylic acids is 1. The molecule has 0 fully saturated rings. The summed E-state index contributed by atoms with van der Waals surface area (Å²) in [4.78, 5) is 11.2. The van der Waals surface area contributed by atoms with Gasteiger partial charge in [-0.2, -0.15) is 0 Å². The molecule has 78 valence electrons. The Balaban J connectivity index is 2.98. The predicted octanol–water partition coefficient (Wildman–Crippen LogP) is 1.26. The molecule has 0 aromatic carbocycles. The minimum absolute atomic E-state index is 0.387. The molecule has 1 rings (SSSR count). The van der Waals surface area contributed by atoms with Crippen LogP contribution >= 0.6 is 0 Å². The smallest absolute Gasteiger partial charge is 0.354 e. The Hall–Kier alpha value is -1.29. The fourth-order valence-corrected chi connectivity index (χ4v) is 1.32.